The Morgan fingerprint density at radius 2 is 1.76 bits per heavy atom. The lowest BCUT2D eigenvalue weighted by atomic mass is 10.1. The molecule has 10 heteroatoms. The van der Waals surface area contributed by atoms with Gasteiger partial charge in [-0.05, 0) is 38.6 Å². The number of nitrogens with one attached hydrogen (secondary N) is 1. The van der Waals surface area contributed by atoms with Crippen LogP contribution >= 0.6 is 0 Å². The third-order valence-corrected chi connectivity index (χ3v) is 8.93. The van der Waals surface area contributed by atoms with Crippen molar-refractivity contribution < 1.29 is 18.0 Å². The fourth-order valence-corrected chi connectivity index (χ4v) is 6.19. The van der Waals surface area contributed by atoms with Crippen LogP contribution in [0.5, 0.6) is 0 Å². The Kier molecular flexibility index (Phi) is 8.59. The van der Waals surface area contributed by atoms with E-state index >= 15 is 0 Å². The molecule has 1 atom stereocenters. The SMILES string of the molecule is CCN1CCN(c2ccc(S(=O)(=O)N(CC)CC)cc2NC(=O)C2CC(=O)N(C(C)C)C2)CC1. The number of piperazine rings is 1. The predicted molar refractivity (Wildman–Crippen MR) is 134 cm³/mol. The van der Waals surface area contributed by atoms with Gasteiger partial charge in [-0.25, -0.2) is 8.42 Å². The minimum atomic E-state index is -3.67. The van der Waals surface area contributed by atoms with E-state index in [2.05, 4.69) is 22.0 Å². The first-order valence-electron chi connectivity index (χ1n) is 12.3. The van der Waals surface area contributed by atoms with Gasteiger partial charge in [-0.3, -0.25) is 9.59 Å². The van der Waals surface area contributed by atoms with Crippen molar-refractivity contribution in [1.82, 2.24) is 14.1 Å². The van der Waals surface area contributed by atoms with Crippen molar-refractivity contribution in [3.05, 3.63) is 18.2 Å². The fourth-order valence-electron chi connectivity index (χ4n) is 4.71. The Morgan fingerprint density at radius 3 is 2.29 bits per heavy atom. The van der Waals surface area contributed by atoms with Crippen molar-refractivity contribution in [2.75, 3.05) is 62.6 Å². The molecule has 0 spiro atoms. The van der Waals surface area contributed by atoms with Crippen molar-refractivity contribution in [2.45, 2.75) is 52.0 Å². The summed E-state index contributed by atoms with van der Waals surface area (Å²) in [6.07, 6.45) is 0.173. The van der Waals surface area contributed by atoms with Gasteiger partial charge >= 0.3 is 0 Å². The zero-order valence-corrected chi connectivity index (χ0v) is 21.9. The number of rotatable bonds is 9. The quantitative estimate of drug-likeness (QED) is 0.566. The zero-order chi connectivity index (χ0) is 25.0. The highest BCUT2D eigenvalue weighted by Gasteiger charge is 2.36. The van der Waals surface area contributed by atoms with Gasteiger partial charge in [0.2, 0.25) is 21.8 Å². The Bertz CT molecular complexity index is 985. The number of hydrogen-bond acceptors (Lipinski definition) is 6. The second-order valence-corrected chi connectivity index (χ2v) is 11.2. The van der Waals surface area contributed by atoms with Crippen molar-refractivity contribution in [2.24, 2.45) is 5.92 Å². The average Bonchev–Trinajstić information content (AvgIpc) is 3.22. The molecular formula is C24H39N5O4S. The molecule has 1 aromatic carbocycles. The Morgan fingerprint density at radius 1 is 1.12 bits per heavy atom. The standard InChI is InChI=1S/C24H39N5O4S/c1-6-26-11-13-27(14-12-26)22-10-9-20(34(32,33)28(7-2)8-3)16-21(22)25-24(31)19-15-23(30)29(17-19)18(4)5/h9-10,16,18-19H,6-8,11-15,17H2,1-5H3,(H,25,31). The lowest BCUT2D eigenvalue weighted by Gasteiger charge is -2.36. The molecule has 2 aliphatic rings. The highest BCUT2D eigenvalue weighted by molar-refractivity contribution is 7.89. The summed E-state index contributed by atoms with van der Waals surface area (Å²) in [5.74, 6) is -0.728. The zero-order valence-electron chi connectivity index (χ0n) is 21.1. The number of likely N-dealkylation sites (tertiary alicyclic amines) is 1. The van der Waals surface area contributed by atoms with E-state index in [1.165, 1.54) is 4.31 Å². The summed E-state index contributed by atoms with van der Waals surface area (Å²) in [5.41, 5.74) is 1.30. The second-order valence-electron chi connectivity index (χ2n) is 9.22. The van der Waals surface area contributed by atoms with Gasteiger partial charge in [-0.15, -0.1) is 0 Å². The minimum Gasteiger partial charge on any atom is -0.367 e. The molecule has 2 saturated heterocycles. The molecule has 190 valence electrons. The number of carbonyl (C=O) groups excluding carboxylic acids is 2. The number of anilines is 2. The molecule has 0 aliphatic carbocycles. The van der Waals surface area contributed by atoms with E-state index in [1.807, 2.05) is 27.7 Å². The normalized spacial score (nSPS) is 20.0. The summed E-state index contributed by atoms with van der Waals surface area (Å²) in [6, 6.07) is 5.04. The van der Waals surface area contributed by atoms with Crippen molar-refractivity contribution >= 4 is 33.2 Å². The van der Waals surface area contributed by atoms with E-state index in [4.69, 9.17) is 0 Å². The van der Waals surface area contributed by atoms with Crippen molar-refractivity contribution in [3.8, 4) is 0 Å². The van der Waals surface area contributed by atoms with Gasteiger partial charge in [0, 0.05) is 58.3 Å². The third kappa shape index (κ3) is 5.55. The molecule has 9 nitrogen and oxygen atoms in total. The van der Waals surface area contributed by atoms with Crippen LogP contribution in [-0.4, -0.2) is 92.7 Å². The van der Waals surface area contributed by atoms with Crippen LogP contribution in [0, 0.1) is 5.92 Å². The van der Waals surface area contributed by atoms with Crippen LogP contribution in [0.4, 0.5) is 11.4 Å². The summed E-state index contributed by atoms with van der Waals surface area (Å²) in [6.45, 7) is 15.1. The molecule has 34 heavy (non-hydrogen) atoms. The molecular weight excluding hydrogens is 454 g/mol. The van der Waals surface area contributed by atoms with Gasteiger partial charge in [0.1, 0.15) is 0 Å². The number of nitrogens with zero attached hydrogens (tertiary/aromatic N) is 4. The van der Waals surface area contributed by atoms with Gasteiger partial charge < -0.3 is 20.0 Å². The Labute approximate surface area is 204 Å². The highest BCUT2D eigenvalue weighted by Crippen LogP contribution is 2.32. The molecule has 2 amide bonds. The van der Waals surface area contributed by atoms with Crippen LogP contribution in [0.15, 0.2) is 23.1 Å². The van der Waals surface area contributed by atoms with E-state index < -0.39 is 15.9 Å². The molecule has 1 aromatic rings. The number of hydrogen-bond donors (Lipinski definition) is 1. The maximum absolute atomic E-state index is 13.2. The molecule has 3 rings (SSSR count). The summed E-state index contributed by atoms with van der Waals surface area (Å²) in [4.78, 5) is 32.0. The highest BCUT2D eigenvalue weighted by atomic mass is 32.2. The topological polar surface area (TPSA) is 93.3 Å². The molecule has 2 aliphatic heterocycles. The number of benzene rings is 1. The van der Waals surface area contributed by atoms with Gasteiger partial charge in [0.05, 0.1) is 22.2 Å². The fraction of sp³-hybridized carbons (Fsp3) is 0.667. The smallest absolute Gasteiger partial charge is 0.243 e. The van der Waals surface area contributed by atoms with Crippen LogP contribution in [-0.2, 0) is 19.6 Å². The van der Waals surface area contributed by atoms with Crippen LogP contribution in [0.1, 0.15) is 41.0 Å². The number of likely N-dealkylation sites (N-methyl/N-ethyl adjacent to an activating group) is 1. The van der Waals surface area contributed by atoms with Gasteiger partial charge in [0.25, 0.3) is 0 Å². The maximum Gasteiger partial charge on any atom is 0.243 e. The number of amides is 2. The molecule has 2 heterocycles. The molecule has 0 saturated carbocycles. The number of carbonyl (C=O) groups is 2. The lowest BCUT2D eigenvalue weighted by Crippen LogP contribution is -2.46. The second kappa shape index (κ2) is 11.0. The predicted octanol–water partition coefficient (Wildman–Crippen LogP) is 2.05. The average molecular weight is 494 g/mol. The van der Waals surface area contributed by atoms with E-state index in [0.717, 1.165) is 38.4 Å². The van der Waals surface area contributed by atoms with Crippen LogP contribution in [0.25, 0.3) is 0 Å². The molecule has 0 radical (unpaired) electrons. The Hall–Kier alpha value is -2.17. The van der Waals surface area contributed by atoms with Crippen molar-refractivity contribution in [3.63, 3.8) is 0 Å². The van der Waals surface area contributed by atoms with Crippen LogP contribution in [0.2, 0.25) is 0 Å². The largest absolute Gasteiger partial charge is 0.367 e. The summed E-state index contributed by atoms with van der Waals surface area (Å²) in [5, 5.41) is 2.99. The van der Waals surface area contributed by atoms with E-state index in [-0.39, 0.29) is 29.2 Å². The molecule has 1 N–H and O–H groups in total. The van der Waals surface area contributed by atoms with Gasteiger partial charge in [-0.2, -0.15) is 4.31 Å². The van der Waals surface area contributed by atoms with E-state index in [9.17, 15) is 18.0 Å². The first-order chi connectivity index (χ1) is 16.1. The minimum absolute atomic E-state index is 0.0241. The summed E-state index contributed by atoms with van der Waals surface area (Å²) >= 11 is 0. The van der Waals surface area contributed by atoms with Crippen LogP contribution < -0.4 is 10.2 Å². The van der Waals surface area contributed by atoms with Gasteiger partial charge in [0.15, 0.2) is 0 Å². The van der Waals surface area contributed by atoms with E-state index in [1.54, 1.807) is 23.1 Å². The number of sulfonamides is 1. The summed E-state index contributed by atoms with van der Waals surface area (Å²) < 4.78 is 27.7. The third-order valence-electron chi connectivity index (χ3n) is 6.88. The molecule has 0 aromatic heterocycles. The first kappa shape index (κ1) is 26.4. The monoisotopic (exact) mass is 493 g/mol. The summed E-state index contributed by atoms with van der Waals surface area (Å²) in [7, 11) is -3.67. The van der Waals surface area contributed by atoms with Crippen LogP contribution in [0.3, 0.4) is 0 Å². The first-order valence-corrected chi connectivity index (χ1v) is 13.8. The van der Waals surface area contributed by atoms with E-state index in [0.29, 0.717) is 25.3 Å². The molecule has 2 fully saturated rings. The van der Waals surface area contributed by atoms with Crippen molar-refractivity contribution in [1.29, 1.82) is 0 Å². The Balaban J connectivity index is 1.91. The lowest BCUT2D eigenvalue weighted by molar-refractivity contribution is -0.129. The molecule has 1 unspecified atom stereocenters. The van der Waals surface area contributed by atoms with Gasteiger partial charge in [-0.1, -0.05) is 20.8 Å². The molecule has 0 bridgehead atoms. The maximum atomic E-state index is 13.2.